The molecule has 0 aliphatic rings. The number of anilines is 2. The second-order valence-corrected chi connectivity index (χ2v) is 5.55. The molecule has 2 aromatic rings. The van der Waals surface area contributed by atoms with E-state index in [0.717, 1.165) is 0 Å². The van der Waals surface area contributed by atoms with Gasteiger partial charge in [-0.05, 0) is 48.6 Å². The van der Waals surface area contributed by atoms with Gasteiger partial charge in [0.2, 0.25) is 0 Å². The number of benzene rings is 2. The van der Waals surface area contributed by atoms with E-state index in [-0.39, 0.29) is 10.7 Å². The molecule has 4 N–H and O–H groups in total. The van der Waals surface area contributed by atoms with Crippen molar-refractivity contribution < 1.29 is 14.3 Å². The van der Waals surface area contributed by atoms with Crippen LogP contribution in [0.1, 0.15) is 10.4 Å². The van der Waals surface area contributed by atoms with Crippen LogP contribution in [-0.4, -0.2) is 24.2 Å². The van der Waals surface area contributed by atoms with E-state index in [9.17, 15) is 9.59 Å². The van der Waals surface area contributed by atoms with Gasteiger partial charge in [0.25, 0.3) is 0 Å². The molecule has 0 spiro atoms. The molecule has 0 heterocycles. The fraction of sp³-hybridized carbons (Fsp3) is 0.0625. The van der Waals surface area contributed by atoms with Gasteiger partial charge in [-0.2, -0.15) is 0 Å². The molecule has 0 atom stereocenters. The first kappa shape index (κ1) is 18.5. The molecule has 0 radical (unpaired) electrons. The van der Waals surface area contributed by atoms with Crippen LogP contribution < -0.4 is 21.5 Å². The van der Waals surface area contributed by atoms with Crippen molar-refractivity contribution in [2.45, 2.75) is 0 Å². The molecule has 0 unspecified atom stereocenters. The normalized spacial score (nSPS) is 9.68. The Labute approximate surface area is 154 Å². The molecular weight excluding hydrogens is 364 g/mol. The van der Waals surface area contributed by atoms with Crippen LogP contribution in [0.15, 0.2) is 48.5 Å². The number of halogens is 1. The number of hydrogen-bond donors (Lipinski definition) is 4. The number of esters is 1. The Bertz CT molecular complexity index is 783. The van der Waals surface area contributed by atoms with Crippen LogP contribution in [0.25, 0.3) is 0 Å². The van der Waals surface area contributed by atoms with Gasteiger partial charge in [-0.25, -0.2) is 15.0 Å². The first-order valence-corrected chi connectivity index (χ1v) is 7.85. The number of urea groups is 1. The lowest BCUT2D eigenvalue weighted by molar-refractivity contribution is 0.0602. The second kappa shape index (κ2) is 8.86. The third-order valence-corrected chi connectivity index (χ3v) is 3.43. The summed E-state index contributed by atoms with van der Waals surface area (Å²) in [5, 5.41) is 6.19. The number of nitrogens with one attached hydrogen (secondary N) is 4. The highest BCUT2D eigenvalue weighted by Crippen LogP contribution is 2.15. The predicted molar refractivity (Wildman–Crippen MR) is 101 cm³/mol. The van der Waals surface area contributed by atoms with Crippen LogP contribution in [0.5, 0.6) is 0 Å². The van der Waals surface area contributed by atoms with Crippen LogP contribution in [0.3, 0.4) is 0 Å². The van der Waals surface area contributed by atoms with Crippen molar-refractivity contribution in [1.29, 1.82) is 0 Å². The van der Waals surface area contributed by atoms with Crippen molar-refractivity contribution in [2.75, 3.05) is 17.7 Å². The van der Waals surface area contributed by atoms with E-state index in [0.29, 0.717) is 16.4 Å². The Morgan fingerprint density at radius 1 is 1.00 bits per heavy atom. The zero-order chi connectivity index (χ0) is 18.2. The molecule has 2 aromatic carbocycles. The first-order valence-electron chi connectivity index (χ1n) is 7.06. The van der Waals surface area contributed by atoms with E-state index in [1.165, 1.54) is 7.11 Å². The van der Waals surface area contributed by atoms with E-state index in [2.05, 4.69) is 26.2 Å². The number of para-hydroxylation sites is 1. The summed E-state index contributed by atoms with van der Waals surface area (Å²) in [5.74, 6) is -0.552. The monoisotopic (exact) mass is 378 g/mol. The Morgan fingerprint density at radius 3 is 2.36 bits per heavy atom. The predicted octanol–water partition coefficient (Wildman–Crippen LogP) is 3.15. The molecule has 0 aliphatic heterocycles. The number of methoxy groups -OCH3 is 1. The molecule has 0 aromatic heterocycles. The van der Waals surface area contributed by atoms with Crippen molar-refractivity contribution in [1.82, 2.24) is 10.9 Å². The summed E-state index contributed by atoms with van der Waals surface area (Å²) in [6, 6.07) is 12.8. The highest BCUT2D eigenvalue weighted by molar-refractivity contribution is 7.80. The maximum atomic E-state index is 11.9. The Kier molecular flexibility index (Phi) is 6.55. The molecule has 25 heavy (non-hydrogen) atoms. The fourth-order valence-electron chi connectivity index (χ4n) is 1.84. The summed E-state index contributed by atoms with van der Waals surface area (Å²) >= 11 is 10.9. The zero-order valence-electron chi connectivity index (χ0n) is 13.1. The van der Waals surface area contributed by atoms with Gasteiger partial charge in [-0.1, -0.05) is 23.7 Å². The number of carbonyl (C=O) groups is 2. The van der Waals surface area contributed by atoms with Gasteiger partial charge in [-0.3, -0.25) is 5.43 Å². The van der Waals surface area contributed by atoms with Gasteiger partial charge >= 0.3 is 12.0 Å². The molecule has 9 heteroatoms. The molecule has 2 amide bonds. The summed E-state index contributed by atoms with van der Waals surface area (Å²) < 4.78 is 4.67. The summed E-state index contributed by atoms with van der Waals surface area (Å²) in [7, 11) is 1.27. The zero-order valence-corrected chi connectivity index (χ0v) is 14.7. The summed E-state index contributed by atoms with van der Waals surface area (Å²) in [4.78, 5) is 23.6. The van der Waals surface area contributed by atoms with Crippen molar-refractivity contribution in [2.24, 2.45) is 0 Å². The standard InChI is InChI=1S/C16H15ClN4O3S/c1-24-14(22)12-4-2-3-5-13(12)19-15(23)20-21-16(25)18-11-8-6-10(17)7-9-11/h2-9H,1H3,(H2,18,21,25)(H2,19,20,23). The number of ether oxygens (including phenoxy) is 1. The molecule has 0 bridgehead atoms. The smallest absolute Gasteiger partial charge is 0.339 e. The molecule has 130 valence electrons. The lowest BCUT2D eigenvalue weighted by Crippen LogP contribution is -2.45. The molecule has 2 rings (SSSR count). The minimum Gasteiger partial charge on any atom is -0.465 e. The molecule has 0 saturated carbocycles. The van der Waals surface area contributed by atoms with Crippen molar-refractivity contribution in [3.8, 4) is 0 Å². The molecule has 0 aliphatic carbocycles. The Hall–Kier alpha value is -2.84. The van der Waals surface area contributed by atoms with Crippen molar-refractivity contribution >= 4 is 52.3 Å². The molecule has 0 fully saturated rings. The maximum absolute atomic E-state index is 11.9. The number of amides is 2. The number of hydrogen-bond acceptors (Lipinski definition) is 4. The van der Waals surface area contributed by atoms with Crippen molar-refractivity contribution in [3.05, 3.63) is 59.1 Å². The third-order valence-electron chi connectivity index (χ3n) is 2.97. The number of rotatable bonds is 3. The lowest BCUT2D eigenvalue weighted by Gasteiger charge is -2.13. The molecular formula is C16H15ClN4O3S. The van der Waals surface area contributed by atoms with Crippen LogP contribution >= 0.6 is 23.8 Å². The summed E-state index contributed by atoms with van der Waals surface area (Å²) in [5.41, 5.74) is 6.16. The lowest BCUT2D eigenvalue weighted by atomic mass is 10.2. The van der Waals surface area contributed by atoms with Crippen LogP contribution in [-0.2, 0) is 4.74 Å². The van der Waals surface area contributed by atoms with Gasteiger partial charge in [-0.15, -0.1) is 0 Å². The van der Waals surface area contributed by atoms with Gasteiger partial charge in [0.05, 0.1) is 18.4 Å². The van der Waals surface area contributed by atoms with E-state index < -0.39 is 12.0 Å². The first-order chi connectivity index (χ1) is 12.0. The highest BCUT2D eigenvalue weighted by Gasteiger charge is 2.13. The van der Waals surface area contributed by atoms with E-state index >= 15 is 0 Å². The second-order valence-electron chi connectivity index (χ2n) is 4.70. The van der Waals surface area contributed by atoms with Crippen LogP contribution in [0.2, 0.25) is 5.02 Å². The average Bonchev–Trinajstić information content (AvgIpc) is 2.62. The minimum absolute atomic E-state index is 0.179. The van der Waals surface area contributed by atoms with Gasteiger partial charge in [0, 0.05) is 10.7 Å². The molecule has 7 nitrogen and oxygen atoms in total. The quantitative estimate of drug-likeness (QED) is 0.372. The van der Waals surface area contributed by atoms with Gasteiger partial charge < -0.3 is 15.4 Å². The summed E-state index contributed by atoms with van der Waals surface area (Å²) in [6.45, 7) is 0. The van der Waals surface area contributed by atoms with Gasteiger partial charge in [0.15, 0.2) is 5.11 Å². The van der Waals surface area contributed by atoms with E-state index in [4.69, 9.17) is 23.8 Å². The average molecular weight is 379 g/mol. The van der Waals surface area contributed by atoms with Gasteiger partial charge in [0.1, 0.15) is 0 Å². The third kappa shape index (κ3) is 5.63. The van der Waals surface area contributed by atoms with Crippen LogP contribution in [0.4, 0.5) is 16.2 Å². The highest BCUT2D eigenvalue weighted by atomic mass is 35.5. The maximum Gasteiger partial charge on any atom is 0.339 e. The van der Waals surface area contributed by atoms with E-state index in [1.807, 2.05) is 0 Å². The Morgan fingerprint density at radius 2 is 1.68 bits per heavy atom. The molecule has 0 saturated heterocycles. The SMILES string of the molecule is COC(=O)c1ccccc1NC(=O)NNC(=S)Nc1ccc(Cl)cc1. The van der Waals surface area contributed by atoms with Crippen molar-refractivity contribution in [3.63, 3.8) is 0 Å². The van der Waals surface area contributed by atoms with E-state index in [1.54, 1.807) is 48.5 Å². The number of thiocarbonyl (C=S) groups is 1. The number of hydrazine groups is 1. The number of carbonyl (C=O) groups excluding carboxylic acids is 2. The van der Waals surface area contributed by atoms with Crippen LogP contribution in [0, 0.1) is 0 Å². The Balaban J connectivity index is 1.87. The largest absolute Gasteiger partial charge is 0.465 e. The summed E-state index contributed by atoms with van der Waals surface area (Å²) in [6.07, 6.45) is 0. The topological polar surface area (TPSA) is 91.5 Å². The fourth-order valence-corrected chi connectivity index (χ4v) is 2.14. The minimum atomic E-state index is -0.600.